The molecule has 1 amide bonds. The van der Waals surface area contributed by atoms with E-state index < -0.39 is 27.8 Å². The smallest absolute Gasteiger partial charge is 0.243 e. The quantitative estimate of drug-likeness (QED) is 0.403. The molecule has 6 nitrogen and oxygen atoms in total. The van der Waals surface area contributed by atoms with E-state index in [2.05, 4.69) is 15.0 Å². The Balaban J connectivity index is 1.67. The highest BCUT2D eigenvalue weighted by molar-refractivity contribution is 7.89. The summed E-state index contributed by atoms with van der Waals surface area (Å²) in [5.41, 5.74) is 0.913. The third kappa shape index (κ3) is 5.36. The maximum absolute atomic E-state index is 14.2. The molecule has 2 N–H and O–H groups in total. The van der Waals surface area contributed by atoms with Crippen LogP contribution in [0.4, 0.5) is 10.1 Å². The van der Waals surface area contributed by atoms with Crippen LogP contribution in [0.1, 0.15) is 5.56 Å². The molecule has 1 heterocycles. The molecule has 0 saturated carbocycles. The first-order chi connectivity index (χ1) is 15.8. The number of carbonyl (C=O) groups is 1. The highest BCUT2D eigenvalue weighted by Crippen LogP contribution is 2.22. The van der Waals surface area contributed by atoms with Crippen molar-refractivity contribution in [3.8, 4) is 0 Å². The zero-order valence-electron chi connectivity index (χ0n) is 17.2. The van der Waals surface area contributed by atoms with E-state index in [0.29, 0.717) is 5.39 Å². The average molecular weight is 484 g/mol. The van der Waals surface area contributed by atoms with Gasteiger partial charge in [0.1, 0.15) is 16.8 Å². The molecule has 168 valence electrons. The number of nitrogens with zero attached hydrogens (tertiary/aromatic N) is 1. The number of hydrogen-bond donors (Lipinski definition) is 2. The summed E-state index contributed by atoms with van der Waals surface area (Å²) < 4.78 is 43.3. The number of hydrogen-bond acceptors (Lipinski definition) is 4. The van der Waals surface area contributed by atoms with Crippen molar-refractivity contribution in [2.24, 2.45) is 0 Å². The molecule has 1 atom stereocenters. The van der Waals surface area contributed by atoms with Gasteiger partial charge in [0.05, 0.1) is 11.2 Å². The molecule has 0 saturated heterocycles. The molecule has 0 aliphatic carbocycles. The van der Waals surface area contributed by atoms with E-state index in [1.807, 2.05) is 6.07 Å². The normalized spacial score (nSPS) is 12.4. The number of benzene rings is 3. The molecule has 1 unspecified atom stereocenters. The molecule has 3 aromatic carbocycles. The number of halogens is 2. The largest absolute Gasteiger partial charge is 0.322 e. The predicted octanol–water partition coefficient (Wildman–Crippen LogP) is 4.56. The maximum Gasteiger partial charge on any atom is 0.243 e. The summed E-state index contributed by atoms with van der Waals surface area (Å²) in [4.78, 5) is 17.2. The van der Waals surface area contributed by atoms with Crippen molar-refractivity contribution >= 4 is 44.1 Å². The fourth-order valence-electron chi connectivity index (χ4n) is 3.39. The lowest BCUT2D eigenvalue weighted by Crippen LogP contribution is -2.45. The molecule has 9 heteroatoms. The molecule has 33 heavy (non-hydrogen) atoms. The Morgan fingerprint density at radius 2 is 1.76 bits per heavy atom. The summed E-state index contributed by atoms with van der Waals surface area (Å²) in [6.07, 6.45) is 1.55. The van der Waals surface area contributed by atoms with Gasteiger partial charge in [0.25, 0.3) is 0 Å². The van der Waals surface area contributed by atoms with E-state index in [-0.39, 0.29) is 27.5 Å². The van der Waals surface area contributed by atoms with E-state index in [9.17, 15) is 17.6 Å². The number of pyridine rings is 1. The monoisotopic (exact) mass is 483 g/mol. The van der Waals surface area contributed by atoms with Crippen LogP contribution in [-0.2, 0) is 21.2 Å². The molecule has 0 aliphatic rings. The lowest BCUT2D eigenvalue weighted by Gasteiger charge is -2.19. The Morgan fingerprint density at radius 1 is 1.00 bits per heavy atom. The van der Waals surface area contributed by atoms with Gasteiger partial charge in [-0.1, -0.05) is 60.1 Å². The minimum absolute atomic E-state index is 0.0517. The number of nitrogens with one attached hydrogen (secondary N) is 2. The van der Waals surface area contributed by atoms with Gasteiger partial charge in [-0.3, -0.25) is 9.78 Å². The molecule has 4 rings (SSSR count). The Bertz CT molecular complexity index is 1410. The SMILES string of the molecule is O=C(Nc1ccc(Cl)cc1F)C(Cc1ccccc1)NS(=O)(=O)c1cccc2cccnc12. The second kappa shape index (κ2) is 9.66. The lowest BCUT2D eigenvalue weighted by atomic mass is 10.1. The van der Waals surface area contributed by atoms with Crippen LogP contribution in [0.25, 0.3) is 10.9 Å². The van der Waals surface area contributed by atoms with E-state index in [1.54, 1.807) is 48.5 Å². The van der Waals surface area contributed by atoms with Crippen molar-refractivity contribution in [1.82, 2.24) is 9.71 Å². The first-order valence-electron chi connectivity index (χ1n) is 9.99. The second-order valence-electron chi connectivity index (χ2n) is 7.31. The Morgan fingerprint density at radius 3 is 2.52 bits per heavy atom. The van der Waals surface area contributed by atoms with Crippen LogP contribution >= 0.6 is 11.6 Å². The van der Waals surface area contributed by atoms with Crippen LogP contribution in [0, 0.1) is 5.82 Å². The molecule has 0 bridgehead atoms. The topological polar surface area (TPSA) is 88.2 Å². The van der Waals surface area contributed by atoms with Crippen molar-refractivity contribution < 1.29 is 17.6 Å². The Labute approximate surface area is 195 Å². The number of fused-ring (bicyclic) bond motifs is 1. The molecular formula is C24H19ClFN3O3S. The van der Waals surface area contributed by atoms with Crippen LogP contribution in [-0.4, -0.2) is 25.4 Å². The van der Waals surface area contributed by atoms with Gasteiger partial charge in [0.2, 0.25) is 15.9 Å². The molecule has 0 aliphatic heterocycles. The highest BCUT2D eigenvalue weighted by Gasteiger charge is 2.28. The van der Waals surface area contributed by atoms with E-state index in [4.69, 9.17) is 11.6 Å². The Kier molecular flexibility index (Phi) is 6.69. The predicted molar refractivity (Wildman–Crippen MR) is 126 cm³/mol. The number of para-hydroxylation sites is 1. The lowest BCUT2D eigenvalue weighted by molar-refractivity contribution is -0.117. The van der Waals surface area contributed by atoms with Gasteiger partial charge in [0, 0.05) is 16.6 Å². The minimum atomic E-state index is -4.15. The Hall–Kier alpha value is -3.33. The zero-order valence-corrected chi connectivity index (χ0v) is 18.8. The fraction of sp³-hybridized carbons (Fsp3) is 0.0833. The second-order valence-corrected chi connectivity index (χ2v) is 9.43. The summed E-state index contributed by atoms with van der Waals surface area (Å²) in [7, 11) is -4.15. The molecule has 4 aromatic rings. The number of sulfonamides is 1. The van der Waals surface area contributed by atoms with Crippen LogP contribution < -0.4 is 10.0 Å². The number of carbonyl (C=O) groups excluding carboxylic acids is 1. The summed E-state index contributed by atoms with van der Waals surface area (Å²) in [6, 6.07) is 19.8. The van der Waals surface area contributed by atoms with Crippen LogP contribution in [0.3, 0.4) is 0 Å². The van der Waals surface area contributed by atoms with Crippen LogP contribution in [0.15, 0.2) is 90.0 Å². The average Bonchev–Trinajstić information content (AvgIpc) is 2.80. The summed E-state index contributed by atoms with van der Waals surface area (Å²) >= 11 is 5.78. The number of rotatable bonds is 7. The summed E-state index contributed by atoms with van der Waals surface area (Å²) in [5.74, 6) is -1.44. The standard InChI is InChI=1S/C24H19ClFN3O3S/c25-18-11-12-20(19(26)15-18)28-24(30)21(14-16-6-2-1-3-7-16)29-33(31,32)22-10-4-8-17-9-5-13-27-23(17)22/h1-13,15,21,29H,14H2,(H,28,30). The van der Waals surface area contributed by atoms with Gasteiger partial charge in [-0.2, -0.15) is 4.72 Å². The zero-order chi connectivity index (χ0) is 23.4. The highest BCUT2D eigenvalue weighted by atomic mass is 35.5. The fourth-order valence-corrected chi connectivity index (χ4v) is 4.93. The maximum atomic E-state index is 14.2. The van der Waals surface area contributed by atoms with Crippen molar-refractivity contribution in [1.29, 1.82) is 0 Å². The third-order valence-corrected chi connectivity index (χ3v) is 6.71. The third-order valence-electron chi connectivity index (χ3n) is 4.97. The summed E-state index contributed by atoms with van der Waals surface area (Å²) in [6.45, 7) is 0. The van der Waals surface area contributed by atoms with Gasteiger partial charge < -0.3 is 5.32 Å². The van der Waals surface area contributed by atoms with Gasteiger partial charge in [-0.05, 0) is 42.3 Å². The van der Waals surface area contributed by atoms with Gasteiger partial charge in [0.15, 0.2) is 0 Å². The van der Waals surface area contributed by atoms with E-state index in [1.165, 1.54) is 24.4 Å². The number of aromatic nitrogens is 1. The number of amides is 1. The van der Waals surface area contributed by atoms with Crippen molar-refractivity contribution in [3.63, 3.8) is 0 Å². The van der Waals surface area contributed by atoms with Crippen LogP contribution in [0.5, 0.6) is 0 Å². The van der Waals surface area contributed by atoms with Gasteiger partial charge in [-0.15, -0.1) is 0 Å². The van der Waals surface area contributed by atoms with E-state index in [0.717, 1.165) is 11.6 Å². The molecular weight excluding hydrogens is 465 g/mol. The van der Waals surface area contributed by atoms with Gasteiger partial charge >= 0.3 is 0 Å². The molecule has 0 radical (unpaired) electrons. The van der Waals surface area contributed by atoms with E-state index >= 15 is 0 Å². The number of anilines is 1. The first-order valence-corrected chi connectivity index (χ1v) is 11.9. The molecule has 0 fully saturated rings. The summed E-state index contributed by atoms with van der Waals surface area (Å²) in [5, 5.41) is 3.28. The van der Waals surface area contributed by atoms with Crippen molar-refractivity contribution in [2.75, 3.05) is 5.32 Å². The van der Waals surface area contributed by atoms with Gasteiger partial charge in [-0.25, -0.2) is 12.8 Å². The minimum Gasteiger partial charge on any atom is -0.322 e. The van der Waals surface area contributed by atoms with Crippen LogP contribution in [0.2, 0.25) is 5.02 Å². The first kappa shape index (κ1) is 22.8. The van der Waals surface area contributed by atoms with Crippen molar-refractivity contribution in [2.45, 2.75) is 17.4 Å². The van der Waals surface area contributed by atoms with Crippen molar-refractivity contribution in [3.05, 3.63) is 101 Å². The molecule has 0 spiro atoms. The molecule has 1 aromatic heterocycles.